The van der Waals surface area contributed by atoms with Crippen LogP contribution in [0, 0.1) is 0 Å². The van der Waals surface area contributed by atoms with Gasteiger partial charge in [0.05, 0.1) is 5.69 Å². The summed E-state index contributed by atoms with van der Waals surface area (Å²) in [6.45, 7) is 10.9. The molecule has 1 aromatic rings. The van der Waals surface area contributed by atoms with Crippen LogP contribution in [-0.2, 0) is 19.0 Å². The number of rotatable bonds is 5. The number of aromatic nitrogens is 2. The lowest BCUT2D eigenvalue weighted by molar-refractivity contribution is 0.542. The largest absolute Gasteiger partial charge is 0.313 e. The molecule has 0 amide bonds. The molecule has 0 fully saturated rings. The van der Waals surface area contributed by atoms with Crippen molar-refractivity contribution >= 4 is 0 Å². The van der Waals surface area contributed by atoms with Gasteiger partial charge in [0.25, 0.3) is 0 Å². The van der Waals surface area contributed by atoms with Crippen LogP contribution in [0.3, 0.4) is 0 Å². The third-order valence-electron chi connectivity index (χ3n) is 2.64. The summed E-state index contributed by atoms with van der Waals surface area (Å²) in [5, 5.41) is 8.03. The van der Waals surface area contributed by atoms with Crippen LogP contribution in [0.2, 0.25) is 0 Å². The first kappa shape index (κ1) is 13.2. The average molecular weight is 223 g/mol. The van der Waals surface area contributed by atoms with Gasteiger partial charge in [-0.1, -0.05) is 34.1 Å². The number of aryl methyl sites for hydroxylation is 1. The van der Waals surface area contributed by atoms with Gasteiger partial charge in [0, 0.05) is 30.8 Å². The molecule has 1 heterocycles. The topological polar surface area (TPSA) is 29.9 Å². The molecule has 0 saturated heterocycles. The molecule has 0 saturated carbocycles. The number of unbranched alkanes of at least 4 members (excludes halogenated alkanes) is 1. The van der Waals surface area contributed by atoms with Crippen molar-refractivity contribution in [3.63, 3.8) is 0 Å². The molecule has 0 aliphatic heterocycles. The van der Waals surface area contributed by atoms with Crippen molar-refractivity contribution in [1.29, 1.82) is 0 Å². The highest BCUT2D eigenvalue weighted by molar-refractivity contribution is 5.23. The minimum Gasteiger partial charge on any atom is -0.313 e. The molecule has 3 heteroatoms. The van der Waals surface area contributed by atoms with E-state index in [-0.39, 0.29) is 5.41 Å². The molecule has 1 rings (SSSR count). The zero-order valence-electron chi connectivity index (χ0n) is 11.3. The molecule has 1 N–H and O–H groups in total. The van der Waals surface area contributed by atoms with Crippen molar-refractivity contribution in [3.05, 3.63) is 17.5 Å². The van der Waals surface area contributed by atoms with Gasteiger partial charge in [-0.05, 0) is 13.0 Å². The van der Waals surface area contributed by atoms with E-state index in [0.29, 0.717) is 0 Å². The van der Waals surface area contributed by atoms with Crippen molar-refractivity contribution in [1.82, 2.24) is 15.1 Å². The van der Waals surface area contributed by atoms with E-state index >= 15 is 0 Å². The highest BCUT2D eigenvalue weighted by Crippen LogP contribution is 2.23. The van der Waals surface area contributed by atoms with Gasteiger partial charge in [-0.25, -0.2) is 0 Å². The molecule has 0 aliphatic rings. The van der Waals surface area contributed by atoms with Crippen molar-refractivity contribution in [2.24, 2.45) is 7.05 Å². The first-order chi connectivity index (χ1) is 7.45. The molecule has 0 aliphatic carbocycles. The smallest absolute Gasteiger partial charge is 0.0722 e. The predicted molar refractivity (Wildman–Crippen MR) is 68.5 cm³/mol. The molecule has 0 spiro atoms. The summed E-state index contributed by atoms with van der Waals surface area (Å²) >= 11 is 0. The van der Waals surface area contributed by atoms with Gasteiger partial charge < -0.3 is 5.32 Å². The van der Waals surface area contributed by atoms with Gasteiger partial charge in [-0.3, -0.25) is 4.68 Å². The van der Waals surface area contributed by atoms with E-state index in [1.165, 1.54) is 24.1 Å². The summed E-state index contributed by atoms with van der Waals surface area (Å²) in [6, 6.07) is 0. The van der Waals surface area contributed by atoms with Crippen molar-refractivity contribution in [3.8, 4) is 0 Å². The zero-order valence-corrected chi connectivity index (χ0v) is 11.3. The quantitative estimate of drug-likeness (QED) is 0.778. The van der Waals surface area contributed by atoms with Gasteiger partial charge in [0.2, 0.25) is 0 Å². The van der Waals surface area contributed by atoms with Crippen LogP contribution in [0.1, 0.15) is 51.8 Å². The molecular weight excluding hydrogens is 198 g/mol. The summed E-state index contributed by atoms with van der Waals surface area (Å²) < 4.78 is 1.91. The molecule has 0 radical (unpaired) electrons. The maximum atomic E-state index is 4.56. The van der Waals surface area contributed by atoms with Crippen molar-refractivity contribution in [2.45, 2.75) is 52.5 Å². The van der Waals surface area contributed by atoms with E-state index in [9.17, 15) is 0 Å². The van der Waals surface area contributed by atoms with E-state index in [0.717, 1.165) is 13.1 Å². The number of hydrogen-bond acceptors (Lipinski definition) is 2. The third kappa shape index (κ3) is 3.63. The third-order valence-corrected chi connectivity index (χ3v) is 2.64. The molecule has 16 heavy (non-hydrogen) atoms. The van der Waals surface area contributed by atoms with Gasteiger partial charge >= 0.3 is 0 Å². The number of nitrogens with zero attached hydrogens (tertiary/aromatic N) is 2. The molecule has 0 unspecified atom stereocenters. The Morgan fingerprint density at radius 2 is 2.06 bits per heavy atom. The van der Waals surface area contributed by atoms with Gasteiger partial charge in [0.1, 0.15) is 0 Å². The second-order valence-corrected chi connectivity index (χ2v) is 5.46. The summed E-state index contributed by atoms with van der Waals surface area (Å²) in [5.74, 6) is 0. The summed E-state index contributed by atoms with van der Waals surface area (Å²) in [7, 11) is 1.99. The highest BCUT2D eigenvalue weighted by Gasteiger charge is 2.21. The Hall–Kier alpha value is -0.830. The number of nitrogens with one attached hydrogen (secondary N) is 1. The lowest BCUT2D eigenvalue weighted by atomic mass is 9.89. The second-order valence-electron chi connectivity index (χ2n) is 5.46. The fraction of sp³-hybridized carbons (Fsp3) is 0.769. The second kappa shape index (κ2) is 5.48. The minimum absolute atomic E-state index is 0.128. The molecule has 0 atom stereocenters. The Morgan fingerprint density at radius 1 is 1.38 bits per heavy atom. The van der Waals surface area contributed by atoms with Crippen LogP contribution in [0.5, 0.6) is 0 Å². The zero-order chi connectivity index (χ0) is 12.2. The van der Waals surface area contributed by atoms with Crippen LogP contribution >= 0.6 is 0 Å². The van der Waals surface area contributed by atoms with Gasteiger partial charge in [-0.2, -0.15) is 5.10 Å². The highest BCUT2D eigenvalue weighted by atomic mass is 15.3. The normalized spacial score (nSPS) is 12.1. The maximum Gasteiger partial charge on any atom is 0.0722 e. The van der Waals surface area contributed by atoms with Gasteiger partial charge in [0.15, 0.2) is 0 Å². The summed E-state index contributed by atoms with van der Waals surface area (Å²) in [4.78, 5) is 0. The maximum absolute atomic E-state index is 4.56. The van der Waals surface area contributed by atoms with E-state index < -0.39 is 0 Å². The molecule has 92 valence electrons. The van der Waals surface area contributed by atoms with E-state index in [1.54, 1.807) is 0 Å². The Labute approximate surface area is 99.2 Å². The SMILES string of the molecule is CCCCNCc1cn(C)nc1C(C)(C)C. The van der Waals surface area contributed by atoms with Crippen molar-refractivity contribution < 1.29 is 0 Å². The molecule has 0 aromatic carbocycles. The van der Waals surface area contributed by atoms with E-state index in [1.807, 2.05) is 11.7 Å². The van der Waals surface area contributed by atoms with Gasteiger partial charge in [-0.15, -0.1) is 0 Å². The standard InChI is InChI=1S/C13H25N3/c1-6-7-8-14-9-11-10-16(5)15-12(11)13(2,3)4/h10,14H,6-9H2,1-5H3. The van der Waals surface area contributed by atoms with Crippen LogP contribution < -0.4 is 5.32 Å². The fourth-order valence-corrected chi connectivity index (χ4v) is 1.82. The van der Waals surface area contributed by atoms with E-state index in [2.05, 4.69) is 44.3 Å². The first-order valence-electron chi connectivity index (χ1n) is 6.19. The lowest BCUT2D eigenvalue weighted by Gasteiger charge is -2.17. The molecular formula is C13H25N3. The Bertz CT molecular complexity index is 320. The summed E-state index contributed by atoms with van der Waals surface area (Å²) in [6.07, 6.45) is 4.61. The molecule has 3 nitrogen and oxygen atoms in total. The van der Waals surface area contributed by atoms with Crippen LogP contribution in [0.4, 0.5) is 0 Å². The Balaban J connectivity index is 2.65. The first-order valence-corrected chi connectivity index (χ1v) is 6.19. The average Bonchev–Trinajstić information content (AvgIpc) is 2.54. The predicted octanol–water partition coefficient (Wildman–Crippen LogP) is 2.61. The molecule has 0 bridgehead atoms. The van der Waals surface area contributed by atoms with Crippen LogP contribution in [-0.4, -0.2) is 16.3 Å². The van der Waals surface area contributed by atoms with Crippen molar-refractivity contribution in [2.75, 3.05) is 6.54 Å². The Morgan fingerprint density at radius 3 is 2.62 bits per heavy atom. The molecule has 1 aromatic heterocycles. The lowest BCUT2D eigenvalue weighted by Crippen LogP contribution is -2.19. The van der Waals surface area contributed by atoms with Crippen LogP contribution in [0.15, 0.2) is 6.20 Å². The minimum atomic E-state index is 0.128. The fourth-order valence-electron chi connectivity index (χ4n) is 1.82. The van der Waals surface area contributed by atoms with Crippen LogP contribution in [0.25, 0.3) is 0 Å². The number of hydrogen-bond donors (Lipinski definition) is 1. The summed E-state index contributed by atoms with van der Waals surface area (Å²) in [5.41, 5.74) is 2.66. The van der Waals surface area contributed by atoms with E-state index in [4.69, 9.17) is 0 Å². The monoisotopic (exact) mass is 223 g/mol. The Kier molecular flexibility index (Phi) is 4.54.